The lowest BCUT2D eigenvalue weighted by molar-refractivity contribution is 0.0492. The molecule has 1 saturated heterocycles. The number of carbonyl (C=O) groups excluding carboxylic acids is 1. The molecule has 3 atom stereocenters. The van der Waals surface area contributed by atoms with Crippen LogP contribution in [0.25, 0.3) is 0 Å². The molecule has 2 aromatic rings. The molecule has 1 amide bonds. The van der Waals surface area contributed by atoms with Gasteiger partial charge in [-0.05, 0) is 57.6 Å². The van der Waals surface area contributed by atoms with Crippen LogP contribution >= 0.6 is 0 Å². The van der Waals surface area contributed by atoms with Gasteiger partial charge in [0.15, 0.2) is 0 Å². The number of ether oxygens (including phenoxy) is 2. The van der Waals surface area contributed by atoms with E-state index in [0.717, 1.165) is 38.8 Å². The molecule has 202 valence electrons. The minimum atomic E-state index is -1.86. The number of alkyl carbamates (subject to hydrolysis) is 1. The lowest BCUT2D eigenvalue weighted by atomic mass is 9.97. The lowest BCUT2D eigenvalue weighted by Crippen LogP contribution is -2.61. The normalized spacial score (nSPS) is 20.6. The summed E-state index contributed by atoms with van der Waals surface area (Å²) in [6.45, 7) is 12.8. The average molecular weight is 523 g/mol. The molecule has 0 radical (unpaired) electrons. The molecule has 0 bridgehead atoms. The number of carbonyl (C=O) groups is 1. The molecule has 37 heavy (non-hydrogen) atoms. The molecule has 0 spiro atoms. The van der Waals surface area contributed by atoms with Crippen molar-refractivity contribution in [2.45, 2.75) is 89.4 Å². The van der Waals surface area contributed by atoms with Gasteiger partial charge in [-0.15, -0.1) is 0 Å². The summed E-state index contributed by atoms with van der Waals surface area (Å²) >= 11 is 0. The van der Waals surface area contributed by atoms with E-state index in [9.17, 15) is 4.79 Å². The maximum absolute atomic E-state index is 12.6. The van der Waals surface area contributed by atoms with E-state index in [-0.39, 0.29) is 12.1 Å². The molecule has 6 heteroatoms. The van der Waals surface area contributed by atoms with Gasteiger partial charge in [0.25, 0.3) is 0 Å². The summed E-state index contributed by atoms with van der Waals surface area (Å²) in [4.78, 5) is 12.6. The number of allylic oxidation sites excluding steroid dienone is 1. The van der Waals surface area contributed by atoms with Crippen LogP contribution in [0.2, 0.25) is 18.6 Å². The highest BCUT2D eigenvalue weighted by Gasteiger charge is 2.43. The molecule has 2 N–H and O–H groups in total. The topological polar surface area (TPSA) is 59.6 Å². The van der Waals surface area contributed by atoms with Gasteiger partial charge in [-0.1, -0.05) is 91.1 Å². The molecule has 0 saturated carbocycles. The maximum Gasteiger partial charge on any atom is 0.407 e. The average Bonchev–Trinajstić information content (AvgIpc) is 2.86. The lowest BCUT2D eigenvalue weighted by Gasteiger charge is -2.45. The first-order valence-corrected chi connectivity index (χ1v) is 16.8. The summed E-state index contributed by atoms with van der Waals surface area (Å²) in [5.74, 6) is 0. The quantitative estimate of drug-likeness (QED) is 0.210. The number of nitrogens with one attached hydrogen (secondary N) is 2. The van der Waals surface area contributed by atoms with Gasteiger partial charge in [0.2, 0.25) is 0 Å². The van der Waals surface area contributed by atoms with Gasteiger partial charge >= 0.3 is 6.09 Å². The van der Waals surface area contributed by atoms with E-state index in [2.05, 4.69) is 78.3 Å². The summed E-state index contributed by atoms with van der Waals surface area (Å²) in [6, 6.07) is 21.6. The third-order valence-electron chi connectivity index (χ3n) is 7.16. The Labute approximate surface area is 225 Å². The summed E-state index contributed by atoms with van der Waals surface area (Å²) in [6.07, 6.45) is 8.37. The van der Waals surface area contributed by atoms with Gasteiger partial charge in [0.1, 0.15) is 5.60 Å². The molecule has 0 unspecified atom stereocenters. The van der Waals surface area contributed by atoms with Crippen LogP contribution in [0.15, 0.2) is 72.8 Å². The molecule has 2 aromatic carbocycles. The fourth-order valence-corrected chi connectivity index (χ4v) is 8.67. The Hall–Kier alpha value is -2.41. The van der Waals surface area contributed by atoms with E-state index in [0.29, 0.717) is 18.2 Å². The summed E-state index contributed by atoms with van der Waals surface area (Å²) in [5, 5.41) is 8.34. The van der Waals surface area contributed by atoms with Crippen LogP contribution in [0.3, 0.4) is 0 Å². The molecule has 1 heterocycles. The van der Waals surface area contributed by atoms with Gasteiger partial charge in [0.05, 0.1) is 14.7 Å². The zero-order chi connectivity index (χ0) is 26.7. The summed E-state index contributed by atoms with van der Waals surface area (Å²) in [7, 11) is -1.86. The minimum absolute atomic E-state index is 0.0544. The maximum atomic E-state index is 12.6. The Morgan fingerprint density at radius 3 is 2.41 bits per heavy atom. The molecule has 0 aromatic heterocycles. The van der Waals surface area contributed by atoms with Crippen molar-refractivity contribution in [3.8, 4) is 0 Å². The van der Waals surface area contributed by atoms with Crippen LogP contribution in [0.5, 0.6) is 0 Å². The van der Waals surface area contributed by atoms with Crippen LogP contribution in [0.4, 0.5) is 4.79 Å². The number of piperidine rings is 1. The Kier molecular flexibility index (Phi) is 11.0. The number of benzene rings is 2. The Morgan fingerprint density at radius 1 is 1.05 bits per heavy atom. The van der Waals surface area contributed by atoms with E-state index in [1.165, 1.54) is 10.8 Å². The summed E-state index contributed by atoms with van der Waals surface area (Å²) < 4.78 is 11.4. The van der Waals surface area contributed by atoms with E-state index >= 15 is 0 Å². The zero-order valence-corrected chi connectivity index (χ0v) is 24.3. The predicted molar refractivity (Wildman–Crippen MR) is 156 cm³/mol. The Bertz CT molecular complexity index is 973. The highest BCUT2D eigenvalue weighted by molar-refractivity contribution is 6.91. The van der Waals surface area contributed by atoms with Crippen LogP contribution in [0, 0.1) is 0 Å². The van der Waals surface area contributed by atoms with Crippen molar-refractivity contribution < 1.29 is 14.3 Å². The Balaban J connectivity index is 1.52. The van der Waals surface area contributed by atoms with Gasteiger partial charge in [0, 0.05) is 25.2 Å². The second-order valence-electron chi connectivity index (χ2n) is 11.7. The molecule has 1 aliphatic heterocycles. The molecular formula is C31H46N2O3Si. The van der Waals surface area contributed by atoms with E-state index in [1.807, 2.05) is 39.0 Å². The SMILES string of the molecule is CC(C)(C)OC(=O)N[C@H]1CN[C@H](C/C=C/CCCOCc2ccccc2)C[C@H]1[Si](C)(C)c1ccccc1. The van der Waals surface area contributed by atoms with Crippen LogP contribution < -0.4 is 15.8 Å². The van der Waals surface area contributed by atoms with Crippen LogP contribution in [-0.2, 0) is 16.1 Å². The number of amides is 1. The van der Waals surface area contributed by atoms with Gasteiger partial charge in [-0.2, -0.15) is 0 Å². The van der Waals surface area contributed by atoms with Crippen molar-refractivity contribution in [3.05, 3.63) is 78.4 Å². The van der Waals surface area contributed by atoms with Crippen LogP contribution in [-0.4, -0.2) is 45.0 Å². The molecule has 5 nitrogen and oxygen atoms in total. The molecule has 1 fully saturated rings. The van der Waals surface area contributed by atoms with Crippen LogP contribution in [0.1, 0.15) is 52.0 Å². The first-order chi connectivity index (χ1) is 17.6. The fourth-order valence-electron chi connectivity index (χ4n) is 5.11. The third kappa shape index (κ3) is 9.76. The zero-order valence-electron chi connectivity index (χ0n) is 23.3. The van der Waals surface area contributed by atoms with Crippen molar-refractivity contribution in [2.75, 3.05) is 13.2 Å². The summed E-state index contributed by atoms with van der Waals surface area (Å²) in [5.41, 5.74) is 1.12. The smallest absolute Gasteiger partial charge is 0.407 e. The molecular weight excluding hydrogens is 476 g/mol. The number of hydrogen-bond donors (Lipinski definition) is 2. The molecule has 1 aliphatic rings. The standard InChI is InChI=1S/C31H46N2O3Si/c1-31(2,3)36-30(34)33-28-23-32-26(22-29(28)37(4,5)27-19-13-9-14-20-27)18-12-6-7-15-21-35-24-25-16-10-8-11-17-25/h6,8-14,16-17,19-20,26,28-29,32H,7,15,18,21-24H2,1-5H3,(H,33,34)/b12-6+/t26-,28+,29-/m1/s1. The van der Waals surface area contributed by atoms with Crippen molar-refractivity contribution in [1.82, 2.24) is 10.6 Å². The van der Waals surface area contributed by atoms with Crippen molar-refractivity contribution >= 4 is 19.4 Å². The number of rotatable bonds is 11. The Morgan fingerprint density at radius 2 is 1.73 bits per heavy atom. The molecule has 3 rings (SSSR count). The molecule has 0 aliphatic carbocycles. The van der Waals surface area contributed by atoms with E-state index < -0.39 is 13.7 Å². The predicted octanol–water partition coefficient (Wildman–Crippen LogP) is 6.17. The second kappa shape index (κ2) is 13.9. The van der Waals surface area contributed by atoms with Crippen molar-refractivity contribution in [2.24, 2.45) is 0 Å². The monoisotopic (exact) mass is 522 g/mol. The van der Waals surface area contributed by atoms with E-state index in [4.69, 9.17) is 9.47 Å². The highest BCUT2D eigenvalue weighted by Crippen LogP contribution is 2.34. The van der Waals surface area contributed by atoms with Crippen molar-refractivity contribution in [1.29, 1.82) is 0 Å². The third-order valence-corrected chi connectivity index (χ3v) is 11.5. The minimum Gasteiger partial charge on any atom is -0.444 e. The largest absolute Gasteiger partial charge is 0.444 e. The second-order valence-corrected chi connectivity index (χ2v) is 16.4. The van der Waals surface area contributed by atoms with Gasteiger partial charge < -0.3 is 20.1 Å². The first kappa shape index (κ1) is 29.1. The van der Waals surface area contributed by atoms with Gasteiger partial charge in [-0.25, -0.2) is 4.79 Å². The fraction of sp³-hybridized carbons (Fsp3) is 0.516. The number of unbranched alkanes of at least 4 members (excludes halogenated alkanes) is 1. The highest BCUT2D eigenvalue weighted by atomic mass is 28.3. The van der Waals surface area contributed by atoms with Gasteiger partial charge in [-0.3, -0.25) is 0 Å². The van der Waals surface area contributed by atoms with E-state index in [1.54, 1.807) is 0 Å². The number of hydrogen-bond acceptors (Lipinski definition) is 4. The first-order valence-electron chi connectivity index (χ1n) is 13.7. The van der Waals surface area contributed by atoms with Crippen molar-refractivity contribution in [3.63, 3.8) is 0 Å².